The van der Waals surface area contributed by atoms with Crippen LogP contribution in [0.2, 0.25) is 0 Å². The summed E-state index contributed by atoms with van der Waals surface area (Å²) < 4.78 is 5.40. The fraction of sp³-hybridized carbons (Fsp3) is 0.579. The van der Waals surface area contributed by atoms with Crippen molar-refractivity contribution in [3.8, 4) is 0 Å². The number of hydrogen-bond acceptors (Lipinski definition) is 3. The van der Waals surface area contributed by atoms with Gasteiger partial charge in [0.2, 0.25) is 11.8 Å². The Morgan fingerprint density at radius 3 is 2.58 bits per heavy atom. The molecule has 1 aliphatic carbocycles. The van der Waals surface area contributed by atoms with Gasteiger partial charge in [0, 0.05) is 6.54 Å². The third kappa shape index (κ3) is 3.05. The highest BCUT2D eigenvalue weighted by Gasteiger charge is 2.45. The van der Waals surface area contributed by atoms with E-state index in [9.17, 15) is 9.59 Å². The average Bonchev–Trinajstić information content (AvgIpc) is 2.62. The first-order chi connectivity index (χ1) is 11.5. The quantitative estimate of drug-likeness (QED) is 0.920. The van der Waals surface area contributed by atoms with Crippen molar-refractivity contribution >= 4 is 11.8 Å². The molecule has 130 valence electrons. The molecule has 5 heteroatoms. The van der Waals surface area contributed by atoms with Gasteiger partial charge in [0.05, 0.1) is 18.6 Å². The maximum absolute atomic E-state index is 13.5. The molecule has 0 radical (unpaired) electrons. The van der Waals surface area contributed by atoms with Crippen molar-refractivity contribution in [1.82, 2.24) is 4.90 Å². The lowest BCUT2D eigenvalue weighted by Gasteiger charge is -2.43. The molecule has 1 saturated heterocycles. The summed E-state index contributed by atoms with van der Waals surface area (Å²) in [6.07, 6.45) is 4.34. The van der Waals surface area contributed by atoms with E-state index in [1.807, 2.05) is 12.1 Å². The first-order valence-corrected chi connectivity index (χ1v) is 8.81. The van der Waals surface area contributed by atoms with Crippen LogP contribution in [-0.4, -0.2) is 42.5 Å². The van der Waals surface area contributed by atoms with Crippen LogP contribution in [0.3, 0.4) is 0 Å². The zero-order chi connectivity index (χ0) is 17.2. The normalized spacial score (nSPS) is 23.7. The minimum absolute atomic E-state index is 0.131. The van der Waals surface area contributed by atoms with Crippen LogP contribution in [0.15, 0.2) is 24.3 Å². The molecule has 1 aromatic carbocycles. The highest BCUT2D eigenvalue weighted by molar-refractivity contribution is 5.90. The van der Waals surface area contributed by atoms with Gasteiger partial charge in [-0.05, 0) is 30.9 Å². The summed E-state index contributed by atoms with van der Waals surface area (Å²) in [5.41, 5.74) is 7.20. The molecule has 24 heavy (non-hydrogen) atoms. The van der Waals surface area contributed by atoms with Crippen LogP contribution >= 0.6 is 0 Å². The lowest BCUT2D eigenvalue weighted by molar-refractivity contribution is -0.150. The molecule has 2 fully saturated rings. The van der Waals surface area contributed by atoms with Gasteiger partial charge >= 0.3 is 0 Å². The Morgan fingerprint density at radius 2 is 1.92 bits per heavy atom. The number of ether oxygens (including phenoxy) is 1. The van der Waals surface area contributed by atoms with Gasteiger partial charge in [-0.2, -0.15) is 0 Å². The van der Waals surface area contributed by atoms with E-state index in [-0.39, 0.29) is 12.5 Å². The van der Waals surface area contributed by atoms with E-state index in [2.05, 4.69) is 19.1 Å². The van der Waals surface area contributed by atoms with Crippen LogP contribution in [0.25, 0.3) is 0 Å². The van der Waals surface area contributed by atoms with Crippen molar-refractivity contribution in [1.29, 1.82) is 0 Å². The van der Waals surface area contributed by atoms with Gasteiger partial charge in [-0.25, -0.2) is 0 Å². The molecule has 0 aromatic heterocycles. The van der Waals surface area contributed by atoms with Gasteiger partial charge in [0.25, 0.3) is 0 Å². The zero-order valence-electron chi connectivity index (χ0n) is 14.3. The second kappa shape index (κ2) is 6.93. The molecule has 2 N–H and O–H groups in total. The summed E-state index contributed by atoms with van der Waals surface area (Å²) in [5.74, 6) is -0.368. The van der Waals surface area contributed by atoms with E-state index < -0.39 is 17.4 Å². The minimum atomic E-state index is -0.694. The molecule has 1 aliphatic heterocycles. The summed E-state index contributed by atoms with van der Waals surface area (Å²) >= 11 is 0. The van der Waals surface area contributed by atoms with Gasteiger partial charge in [-0.3, -0.25) is 9.59 Å². The Kier molecular flexibility index (Phi) is 4.90. The zero-order valence-corrected chi connectivity index (χ0v) is 14.3. The molecule has 0 unspecified atom stereocenters. The SMILES string of the molecule is Cc1ccccc1C1(C(=O)N2CCO[C@H](C(N)=O)C2)CCCCC1. The van der Waals surface area contributed by atoms with Crippen LogP contribution in [0.1, 0.15) is 43.2 Å². The largest absolute Gasteiger partial charge is 0.367 e. The van der Waals surface area contributed by atoms with E-state index in [4.69, 9.17) is 10.5 Å². The fourth-order valence-corrected chi connectivity index (χ4v) is 4.17. The maximum atomic E-state index is 13.5. The Morgan fingerprint density at radius 1 is 1.21 bits per heavy atom. The number of carbonyl (C=O) groups excluding carboxylic acids is 2. The summed E-state index contributed by atoms with van der Waals surface area (Å²) in [6, 6.07) is 8.18. The van der Waals surface area contributed by atoms with Gasteiger partial charge in [-0.1, -0.05) is 43.5 Å². The topological polar surface area (TPSA) is 72.6 Å². The maximum Gasteiger partial charge on any atom is 0.248 e. The number of amides is 2. The predicted molar refractivity (Wildman–Crippen MR) is 91.5 cm³/mol. The molecule has 3 rings (SSSR count). The smallest absolute Gasteiger partial charge is 0.248 e. The standard InChI is InChI=1S/C19H26N2O3/c1-14-7-3-4-8-15(14)19(9-5-2-6-10-19)18(23)21-11-12-24-16(13-21)17(20)22/h3-4,7-8,16H,2,5-6,9-13H2,1H3,(H2,20,22)/t16-/m0/s1. The Hall–Kier alpha value is -1.88. The molecule has 2 amide bonds. The Labute approximate surface area is 143 Å². The van der Waals surface area contributed by atoms with Crippen LogP contribution in [0.4, 0.5) is 0 Å². The van der Waals surface area contributed by atoms with Gasteiger partial charge in [-0.15, -0.1) is 0 Å². The van der Waals surface area contributed by atoms with E-state index in [1.165, 1.54) is 6.42 Å². The number of carbonyl (C=O) groups is 2. The van der Waals surface area contributed by atoms with Crippen molar-refractivity contribution in [2.45, 2.75) is 50.5 Å². The fourth-order valence-electron chi connectivity index (χ4n) is 4.17. The van der Waals surface area contributed by atoms with Crippen molar-refractivity contribution in [3.05, 3.63) is 35.4 Å². The lowest BCUT2D eigenvalue weighted by Crippen LogP contribution is -2.56. The number of nitrogens with zero attached hydrogens (tertiary/aromatic N) is 1. The molecular weight excluding hydrogens is 304 g/mol. The van der Waals surface area contributed by atoms with Crippen LogP contribution < -0.4 is 5.73 Å². The number of aryl methyl sites for hydroxylation is 1. The molecule has 0 spiro atoms. The van der Waals surface area contributed by atoms with Gasteiger partial charge in [0.1, 0.15) is 0 Å². The Bertz CT molecular complexity index is 623. The molecule has 0 bridgehead atoms. The average molecular weight is 330 g/mol. The number of nitrogens with two attached hydrogens (primary N) is 1. The number of morpholine rings is 1. The van der Waals surface area contributed by atoms with Crippen molar-refractivity contribution < 1.29 is 14.3 Å². The Balaban J connectivity index is 1.93. The molecule has 1 aromatic rings. The van der Waals surface area contributed by atoms with Crippen molar-refractivity contribution in [2.75, 3.05) is 19.7 Å². The predicted octanol–water partition coefficient (Wildman–Crippen LogP) is 1.91. The number of benzene rings is 1. The molecule has 2 aliphatic rings. The van der Waals surface area contributed by atoms with Crippen molar-refractivity contribution in [3.63, 3.8) is 0 Å². The highest BCUT2D eigenvalue weighted by atomic mass is 16.5. The van der Waals surface area contributed by atoms with Crippen molar-refractivity contribution in [2.24, 2.45) is 5.73 Å². The van der Waals surface area contributed by atoms with Crippen LogP contribution in [-0.2, 0) is 19.7 Å². The van der Waals surface area contributed by atoms with E-state index >= 15 is 0 Å². The first kappa shape index (κ1) is 17.0. The van der Waals surface area contributed by atoms with Gasteiger partial charge in [0.15, 0.2) is 6.10 Å². The van der Waals surface area contributed by atoms with E-state index in [0.717, 1.165) is 36.8 Å². The summed E-state index contributed by atoms with van der Waals surface area (Å²) in [7, 11) is 0. The monoisotopic (exact) mass is 330 g/mol. The number of primary amides is 1. The van der Waals surface area contributed by atoms with Gasteiger partial charge < -0.3 is 15.4 Å². The second-order valence-corrected chi connectivity index (χ2v) is 6.97. The summed E-state index contributed by atoms with van der Waals surface area (Å²) in [5, 5.41) is 0. The van der Waals surface area contributed by atoms with Crippen LogP contribution in [0, 0.1) is 6.92 Å². The summed E-state index contributed by atoms with van der Waals surface area (Å²) in [4.78, 5) is 26.8. The molecular formula is C19H26N2O3. The third-order valence-corrected chi connectivity index (χ3v) is 5.45. The third-order valence-electron chi connectivity index (χ3n) is 5.45. The molecule has 5 nitrogen and oxygen atoms in total. The summed E-state index contributed by atoms with van der Waals surface area (Å²) in [6.45, 7) is 3.23. The molecule has 1 atom stereocenters. The molecule has 1 saturated carbocycles. The first-order valence-electron chi connectivity index (χ1n) is 8.81. The highest BCUT2D eigenvalue weighted by Crippen LogP contribution is 2.42. The molecule has 1 heterocycles. The van der Waals surface area contributed by atoms with E-state index in [1.54, 1.807) is 4.90 Å². The van der Waals surface area contributed by atoms with E-state index in [0.29, 0.717) is 13.2 Å². The number of hydrogen-bond donors (Lipinski definition) is 1. The lowest BCUT2D eigenvalue weighted by atomic mass is 9.67. The van der Waals surface area contributed by atoms with Crippen LogP contribution in [0.5, 0.6) is 0 Å². The minimum Gasteiger partial charge on any atom is -0.367 e. The second-order valence-electron chi connectivity index (χ2n) is 6.97. The number of rotatable bonds is 3.